The number of para-hydroxylation sites is 1. The van der Waals surface area contributed by atoms with Crippen LogP contribution in [0.15, 0.2) is 65.8 Å². The molecule has 1 heterocycles. The quantitative estimate of drug-likeness (QED) is 0.0687. The third-order valence-electron chi connectivity index (χ3n) is 6.68. The Kier molecular flexibility index (Phi) is 11.4. The van der Waals surface area contributed by atoms with Crippen molar-refractivity contribution in [2.45, 2.75) is 56.8 Å². The van der Waals surface area contributed by atoms with Crippen molar-refractivity contribution in [1.29, 1.82) is 0 Å². The summed E-state index contributed by atoms with van der Waals surface area (Å²) in [5.41, 5.74) is 19.1. The summed E-state index contributed by atoms with van der Waals surface area (Å²) in [6.07, 6.45) is 2.68. The molecule has 0 saturated carbocycles. The smallest absolute Gasteiger partial charge is 0.325 e. The van der Waals surface area contributed by atoms with Crippen molar-refractivity contribution in [3.8, 4) is 0 Å². The number of benzene rings is 2. The minimum atomic E-state index is -1.22. The van der Waals surface area contributed by atoms with Gasteiger partial charge < -0.3 is 43.2 Å². The molecule has 2 aromatic carbocycles. The van der Waals surface area contributed by atoms with Gasteiger partial charge in [0.15, 0.2) is 5.96 Å². The predicted molar refractivity (Wildman–Crippen MR) is 159 cm³/mol. The number of guanidine groups is 1. The Balaban J connectivity index is 1.81. The third kappa shape index (κ3) is 9.34. The van der Waals surface area contributed by atoms with Crippen LogP contribution in [-0.4, -0.2) is 70.5 Å². The van der Waals surface area contributed by atoms with Gasteiger partial charge in [-0.25, -0.2) is 0 Å². The monoisotopic (exact) mass is 578 g/mol. The molecular formula is C29H38N8O5. The maximum absolute atomic E-state index is 13.7. The van der Waals surface area contributed by atoms with Gasteiger partial charge in [-0.2, -0.15) is 0 Å². The van der Waals surface area contributed by atoms with Gasteiger partial charge in [0.1, 0.15) is 18.1 Å². The van der Waals surface area contributed by atoms with Gasteiger partial charge in [-0.15, -0.1) is 0 Å². The molecule has 1 aromatic heterocycles. The zero-order valence-electron chi connectivity index (χ0n) is 23.4. The average Bonchev–Trinajstić information content (AvgIpc) is 3.37. The van der Waals surface area contributed by atoms with Gasteiger partial charge >= 0.3 is 5.97 Å². The van der Waals surface area contributed by atoms with Gasteiger partial charge in [-0.3, -0.25) is 24.2 Å². The van der Waals surface area contributed by atoms with E-state index in [-0.39, 0.29) is 25.2 Å². The Hall–Kier alpha value is -4.91. The topological polar surface area (TPSA) is 231 Å². The SMILES string of the molecule is CC(NC(=O)C(Cc1c[nH]c2ccccc12)NC(=O)C(Cc1ccccc1)NC(=O)C(N)CCCN=C(N)N)C(=O)O. The number of aromatic nitrogens is 1. The number of amides is 3. The molecule has 4 atom stereocenters. The van der Waals surface area contributed by atoms with Crippen LogP contribution in [-0.2, 0) is 32.0 Å². The second-order valence-electron chi connectivity index (χ2n) is 10.00. The zero-order valence-corrected chi connectivity index (χ0v) is 23.4. The zero-order chi connectivity index (χ0) is 30.6. The molecule has 0 bridgehead atoms. The molecule has 13 heteroatoms. The highest BCUT2D eigenvalue weighted by Crippen LogP contribution is 2.19. The molecule has 0 aliphatic heterocycles. The first-order valence-electron chi connectivity index (χ1n) is 13.6. The van der Waals surface area contributed by atoms with Crippen LogP contribution in [0.1, 0.15) is 30.9 Å². The number of aliphatic imine (C=N–C) groups is 1. The summed E-state index contributed by atoms with van der Waals surface area (Å²) in [6.45, 7) is 1.63. The maximum Gasteiger partial charge on any atom is 0.325 e. The molecular weight excluding hydrogens is 540 g/mol. The number of carboxylic acid groups (broad SMARTS) is 1. The number of nitrogens with one attached hydrogen (secondary N) is 4. The summed E-state index contributed by atoms with van der Waals surface area (Å²) in [7, 11) is 0. The molecule has 0 fully saturated rings. The van der Waals surface area contributed by atoms with Gasteiger partial charge in [0, 0.05) is 36.5 Å². The van der Waals surface area contributed by atoms with Gasteiger partial charge in [-0.1, -0.05) is 48.5 Å². The largest absolute Gasteiger partial charge is 0.480 e. The first kappa shape index (κ1) is 31.6. The van der Waals surface area contributed by atoms with E-state index in [0.29, 0.717) is 13.0 Å². The number of carbonyl (C=O) groups is 4. The first-order valence-corrected chi connectivity index (χ1v) is 13.6. The summed E-state index contributed by atoms with van der Waals surface area (Å²) in [5, 5.41) is 18.1. The van der Waals surface area contributed by atoms with Crippen molar-refractivity contribution < 1.29 is 24.3 Å². The van der Waals surface area contributed by atoms with E-state index in [0.717, 1.165) is 22.0 Å². The minimum absolute atomic E-state index is 0.0587. The Labute approximate surface area is 243 Å². The number of aromatic amines is 1. The molecule has 3 aromatic rings. The van der Waals surface area contributed by atoms with Crippen LogP contribution in [0.3, 0.4) is 0 Å². The molecule has 0 spiro atoms. The minimum Gasteiger partial charge on any atom is -0.480 e. The van der Waals surface area contributed by atoms with Crippen LogP contribution in [0.5, 0.6) is 0 Å². The van der Waals surface area contributed by atoms with Gasteiger partial charge in [0.25, 0.3) is 0 Å². The van der Waals surface area contributed by atoms with Crippen LogP contribution >= 0.6 is 0 Å². The van der Waals surface area contributed by atoms with E-state index >= 15 is 0 Å². The molecule has 11 N–H and O–H groups in total. The number of fused-ring (bicyclic) bond motifs is 1. The Morgan fingerprint density at radius 2 is 1.50 bits per heavy atom. The van der Waals surface area contributed by atoms with E-state index in [9.17, 15) is 24.3 Å². The number of carbonyl (C=O) groups excluding carboxylic acids is 3. The highest BCUT2D eigenvalue weighted by atomic mass is 16.4. The lowest BCUT2D eigenvalue weighted by Gasteiger charge is -2.25. The van der Waals surface area contributed by atoms with Crippen molar-refractivity contribution in [1.82, 2.24) is 20.9 Å². The number of nitrogens with two attached hydrogens (primary N) is 3. The van der Waals surface area contributed by atoms with E-state index in [1.165, 1.54) is 6.92 Å². The number of H-pyrrole nitrogens is 1. The highest BCUT2D eigenvalue weighted by molar-refractivity contribution is 5.95. The predicted octanol–water partition coefficient (Wildman–Crippen LogP) is -0.107. The molecule has 224 valence electrons. The Morgan fingerprint density at radius 1 is 0.881 bits per heavy atom. The lowest BCUT2D eigenvalue weighted by Crippen LogP contribution is -2.57. The van der Waals surface area contributed by atoms with Crippen molar-refractivity contribution in [2.24, 2.45) is 22.2 Å². The molecule has 42 heavy (non-hydrogen) atoms. The van der Waals surface area contributed by atoms with Crippen molar-refractivity contribution in [2.75, 3.05) is 6.54 Å². The van der Waals surface area contributed by atoms with Crippen LogP contribution in [0.2, 0.25) is 0 Å². The lowest BCUT2D eigenvalue weighted by molar-refractivity contribution is -0.141. The van der Waals surface area contributed by atoms with Gasteiger partial charge in [0.05, 0.1) is 6.04 Å². The summed E-state index contributed by atoms with van der Waals surface area (Å²) in [6, 6.07) is 12.2. The fraction of sp³-hybridized carbons (Fsp3) is 0.345. The van der Waals surface area contributed by atoms with Crippen LogP contribution in [0.4, 0.5) is 0 Å². The molecule has 0 aliphatic rings. The maximum atomic E-state index is 13.7. The number of carboxylic acids is 1. The van der Waals surface area contributed by atoms with E-state index in [1.807, 2.05) is 54.6 Å². The number of hydrogen-bond acceptors (Lipinski definition) is 6. The van der Waals surface area contributed by atoms with E-state index in [4.69, 9.17) is 17.2 Å². The number of rotatable bonds is 15. The average molecular weight is 579 g/mol. The normalized spacial score (nSPS) is 13.8. The Bertz CT molecular complexity index is 1400. The van der Waals surface area contributed by atoms with Crippen LogP contribution in [0, 0.1) is 0 Å². The van der Waals surface area contributed by atoms with Crippen molar-refractivity contribution in [3.05, 3.63) is 71.9 Å². The second-order valence-corrected chi connectivity index (χ2v) is 10.00. The summed E-state index contributed by atoms with van der Waals surface area (Å²) >= 11 is 0. The highest BCUT2D eigenvalue weighted by Gasteiger charge is 2.30. The van der Waals surface area contributed by atoms with Crippen molar-refractivity contribution >= 4 is 40.6 Å². The Morgan fingerprint density at radius 3 is 2.19 bits per heavy atom. The standard InChI is InChI=1S/C29H38N8O5/c1-17(28(41)42)35-26(39)24(15-19-16-34-22-12-6-5-10-20(19)22)37-27(40)23(14-18-8-3-2-4-9-18)36-25(38)21(30)11-7-13-33-29(31)32/h2-6,8-10,12,16-17,21,23-24,34H,7,11,13-15,30H2,1H3,(H,35,39)(H,36,38)(H,37,40)(H,41,42)(H4,31,32,33). The molecule has 0 saturated heterocycles. The number of hydrogen-bond donors (Lipinski definition) is 8. The van der Waals surface area contributed by atoms with Crippen LogP contribution in [0.25, 0.3) is 10.9 Å². The fourth-order valence-corrected chi connectivity index (χ4v) is 4.37. The van der Waals surface area contributed by atoms with E-state index in [2.05, 4.69) is 25.9 Å². The molecule has 3 rings (SSSR count). The molecule has 0 radical (unpaired) electrons. The summed E-state index contributed by atoms with van der Waals surface area (Å²) < 4.78 is 0. The molecule has 3 amide bonds. The number of nitrogens with zero attached hydrogens (tertiary/aromatic N) is 1. The molecule has 0 aliphatic carbocycles. The third-order valence-corrected chi connectivity index (χ3v) is 6.68. The van der Waals surface area contributed by atoms with Crippen molar-refractivity contribution in [3.63, 3.8) is 0 Å². The second kappa shape index (κ2) is 15.2. The molecule has 4 unspecified atom stereocenters. The first-order chi connectivity index (χ1) is 20.0. The van der Waals surface area contributed by atoms with Gasteiger partial charge in [0.2, 0.25) is 17.7 Å². The molecule has 13 nitrogen and oxygen atoms in total. The van der Waals surface area contributed by atoms with E-state index < -0.39 is 47.9 Å². The summed E-state index contributed by atoms with van der Waals surface area (Å²) in [5.74, 6) is -3.12. The van der Waals surface area contributed by atoms with E-state index in [1.54, 1.807) is 6.20 Å². The fourth-order valence-electron chi connectivity index (χ4n) is 4.37. The number of aliphatic carboxylic acids is 1. The lowest BCUT2D eigenvalue weighted by atomic mass is 10.0. The van der Waals surface area contributed by atoms with Crippen LogP contribution < -0.4 is 33.2 Å². The summed E-state index contributed by atoms with van der Waals surface area (Å²) in [4.78, 5) is 58.3. The van der Waals surface area contributed by atoms with Gasteiger partial charge in [-0.05, 0) is 37.0 Å².